The van der Waals surface area contributed by atoms with E-state index in [0.717, 1.165) is 23.7 Å². The van der Waals surface area contributed by atoms with Crippen molar-refractivity contribution in [3.63, 3.8) is 0 Å². The maximum atomic E-state index is 10.8. The van der Waals surface area contributed by atoms with Gasteiger partial charge in [-0.25, -0.2) is 0 Å². The maximum Gasteiger partial charge on any atom is 0.128 e. The molecule has 1 N–H and O–H groups in total. The smallest absolute Gasteiger partial charge is 0.128 e. The summed E-state index contributed by atoms with van der Waals surface area (Å²) < 4.78 is 5.62. The number of aromatic nitrogens is 1. The number of hydrogen-bond donors (Lipinski definition) is 1. The molecule has 0 saturated carbocycles. The molecule has 0 amide bonds. The predicted octanol–water partition coefficient (Wildman–Crippen LogP) is 1.71. The number of benzene rings is 1. The molecule has 1 aromatic heterocycles. The third kappa shape index (κ3) is 2.41. The molecule has 0 radical (unpaired) electrons. The zero-order chi connectivity index (χ0) is 12.3. The number of carboxylic acid groups (broad SMARTS) is 1. The van der Waals surface area contributed by atoms with Gasteiger partial charge in [0.1, 0.15) is 5.75 Å². The minimum atomic E-state index is -1.21. The van der Waals surface area contributed by atoms with E-state index >= 15 is 0 Å². The third-order valence-corrected chi connectivity index (χ3v) is 2.60. The Kier molecular flexibility index (Phi) is 3.32. The minimum Gasteiger partial charge on any atom is -0.543 e. The molecule has 0 aliphatic rings. The first-order valence-electron chi connectivity index (χ1n) is 5.68. The Labute approximate surface area is 99.2 Å². The Bertz CT molecular complexity index is 530. The van der Waals surface area contributed by atoms with Crippen molar-refractivity contribution in [1.82, 2.24) is 4.98 Å². The topological polar surface area (TPSA) is 65.2 Å². The quantitative estimate of drug-likeness (QED) is 0.798. The van der Waals surface area contributed by atoms with Gasteiger partial charge in [0.2, 0.25) is 0 Å². The lowest BCUT2D eigenvalue weighted by Crippen LogP contribution is -2.22. The second-order valence-corrected chi connectivity index (χ2v) is 3.89. The number of fused-ring (bicyclic) bond motifs is 1. The molecule has 4 nitrogen and oxygen atoms in total. The summed E-state index contributed by atoms with van der Waals surface area (Å²) >= 11 is 0. The Morgan fingerprint density at radius 3 is 3.00 bits per heavy atom. The van der Waals surface area contributed by atoms with E-state index in [9.17, 15) is 9.90 Å². The first-order valence-corrected chi connectivity index (χ1v) is 5.68. The van der Waals surface area contributed by atoms with Gasteiger partial charge in [0.15, 0.2) is 0 Å². The van der Waals surface area contributed by atoms with Gasteiger partial charge in [-0.15, -0.1) is 0 Å². The summed E-state index contributed by atoms with van der Waals surface area (Å²) in [5, 5.41) is 11.5. The summed E-state index contributed by atoms with van der Waals surface area (Å²) in [5.74, 6) is -0.500. The first-order chi connectivity index (χ1) is 8.22. The largest absolute Gasteiger partial charge is 0.543 e. The molecule has 1 aromatic carbocycles. The highest BCUT2D eigenvalue weighted by atomic mass is 16.5. The predicted molar refractivity (Wildman–Crippen MR) is 63.0 cm³/mol. The van der Waals surface area contributed by atoms with Gasteiger partial charge in [0.25, 0.3) is 0 Å². The second-order valence-electron chi connectivity index (χ2n) is 3.89. The van der Waals surface area contributed by atoms with Crippen molar-refractivity contribution in [1.29, 1.82) is 0 Å². The van der Waals surface area contributed by atoms with E-state index in [2.05, 4.69) is 11.9 Å². The number of unbranched alkanes of at least 4 members (excludes halogenated alkanes) is 1. The number of carbonyl (C=O) groups excluding carboxylic acids is 1. The number of rotatable bonds is 5. The van der Waals surface area contributed by atoms with Crippen molar-refractivity contribution >= 4 is 16.9 Å². The second kappa shape index (κ2) is 4.91. The Hall–Kier alpha value is -1.97. The van der Waals surface area contributed by atoms with Crippen LogP contribution < -0.4 is 9.84 Å². The SMILES string of the molecule is CCCCOc1cccc2[nH]c(C(=O)[O-])cc12. The minimum absolute atomic E-state index is 0.0755. The van der Waals surface area contributed by atoms with Crippen LogP contribution in [0.4, 0.5) is 0 Å². The van der Waals surface area contributed by atoms with Gasteiger partial charge in [-0.3, -0.25) is 0 Å². The van der Waals surface area contributed by atoms with E-state index < -0.39 is 5.97 Å². The van der Waals surface area contributed by atoms with Gasteiger partial charge in [-0.2, -0.15) is 0 Å². The van der Waals surface area contributed by atoms with Crippen LogP contribution in [0.5, 0.6) is 5.75 Å². The number of nitrogens with one attached hydrogen (secondary N) is 1. The highest BCUT2D eigenvalue weighted by Gasteiger charge is 2.06. The van der Waals surface area contributed by atoms with Crippen molar-refractivity contribution in [3.8, 4) is 5.75 Å². The zero-order valence-corrected chi connectivity index (χ0v) is 9.66. The molecule has 2 rings (SSSR count). The van der Waals surface area contributed by atoms with Crippen LogP contribution in [0.25, 0.3) is 10.9 Å². The normalized spacial score (nSPS) is 10.6. The fraction of sp³-hybridized carbons (Fsp3) is 0.308. The van der Waals surface area contributed by atoms with E-state index in [1.807, 2.05) is 18.2 Å². The molecule has 0 fully saturated rings. The molecule has 0 bridgehead atoms. The van der Waals surface area contributed by atoms with Gasteiger partial charge in [0, 0.05) is 10.9 Å². The number of aromatic carboxylic acids is 1. The van der Waals surface area contributed by atoms with E-state index in [0.29, 0.717) is 12.4 Å². The Morgan fingerprint density at radius 2 is 2.29 bits per heavy atom. The first kappa shape index (κ1) is 11.5. The number of ether oxygens (including phenoxy) is 1. The summed E-state index contributed by atoms with van der Waals surface area (Å²) in [7, 11) is 0. The van der Waals surface area contributed by atoms with Crippen LogP contribution in [0, 0.1) is 0 Å². The standard InChI is InChI=1S/C13H15NO3/c1-2-3-7-17-12-6-4-5-10-9(12)8-11(14-10)13(15)16/h4-6,8,14H,2-3,7H2,1H3,(H,15,16)/p-1. The average Bonchev–Trinajstić information content (AvgIpc) is 2.74. The molecule has 0 atom stereocenters. The highest BCUT2D eigenvalue weighted by molar-refractivity contribution is 5.95. The Balaban J connectivity index is 2.32. The average molecular weight is 232 g/mol. The van der Waals surface area contributed by atoms with E-state index in [1.165, 1.54) is 0 Å². The van der Waals surface area contributed by atoms with Gasteiger partial charge in [0.05, 0.1) is 18.3 Å². The van der Waals surface area contributed by atoms with Gasteiger partial charge >= 0.3 is 0 Å². The van der Waals surface area contributed by atoms with Crippen LogP contribution in [-0.2, 0) is 0 Å². The van der Waals surface area contributed by atoms with E-state index in [1.54, 1.807) is 6.07 Å². The summed E-state index contributed by atoms with van der Waals surface area (Å²) in [4.78, 5) is 13.5. The van der Waals surface area contributed by atoms with Crippen LogP contribution in [0.3, 0.4) is 0 Å². The molecule has 1 heterocycles. The van der Waals surface area contributed by atoms with E-state index in [-0.39, 0.29) is 5.69 Å². The summed E-state index contributed by atoms with van der Waals surface area (Å²) in [6, 6.07) is 7.03. The third-order valence-electron chi connectivity index (χ3n) is 2.60. The maximum absolute atomic E-state index is 10.8. The lowest BCUT2D eigenvalue weighted by atomic mass is 10.2. The molecule has 2 aromatic rings. The summed E-state index contributed by atoms with van der Waals surface area (Å²) in [6.07, 6.45) is 2.04. The van der Waals surface area contributed by atoms with Crippen LogP contribution >= 0.6 is 0 Å². The molecule has 0 spiro atoms. The molecule has 17 heavy (non-hydrogen) atoms. The fourth-order valence-corrected chi connectivity index (χ4v) is 1.69. The fourth-order valence-electron chi connectivity index (χ4n) is 1.69. The molecule has 4 heteroatoms. The van der Waals surface area contributed by atoms with Gasteiger partial charge in [-0.05, 0) is 24.6 Å². The van der Waals surface area contributed by atoms with Crippen molar-refractivity contribution in [2.24, 2.45) is 0 Å². The van der Waals surface area contributed by atoms with E-state index in [4.69, 9.17) is 4.74 Å². The van der Waals surface area contributed by atoms with Crippen molar-refractivity contribution < 1.29 is 14.6 Å². The van der Waals surface area contributed by atoms with Gasteiger partial charge in [-0.1, -0.05) is 19.4 Å². The molecule has 0 aliphatic heterocycles. The molecule has 0 saturated heterocycles. The van der Waals surface area contributed by atoms with Crippen molar-refractivity contribution in [2.45, 2.75) is 19.8 Å². The molecule has 0 aliphatic carbocycles. The molecule has 90 valence electrons. The number of aromatic amines is 1. The zero-order valence-electron chi connectivity index (χ0n) is 9.66. The number of carboxylic acids is 1. The molecular formula is C13H14NO3-. The van der Waals surface area contributed by atoms with Crippen LogP contribution in [0.2, 0.25) is 0 Å². The lowest BCUT2D eigenvalue weighted by molar-refractivity contribution is -0.255. The van der Waals surface area contributed by atoms with Crippen LogP contribution in [-0.4, -0.2) is 17.6 Å². The van der Waals surface area contributed by atoms with Crippen molar-refractivity contribution in [2.75, 3.05) is 6.61 Å². The monoisotopic (exact) mass is 232 g/mol. The Morgan fingerprint density at radius 1 is 1.47 bits per heavy atom. The van der Waals surface area contributed by atoms with Crippen LogP contribution in [0.1, 0.15) is 30.3 Å². The number of hydrogen-bond acceptors (Lipinski definition) is 3. The number of H-pyrrole nitrogens is 1. The highest BCUT2D eigenvalue weighted by Crippen LogP contribution is 2.26. The summed E-state index contributed by atoms with van der Waals surface area (Å²) in [5.41, 5.74) is 0.824. The van der Waals surface area contributed by atoms with Crippen LogP contribution in [0.15, 0.2) is 24.3 Å². The summed E-state index contributed by atoms with van der Waals surface area (Å²) in [6.45, 7) is 2.73. The van der Waals surface area contributed by atoms with Gasteiger partial charge < -0.3 is 19.6 Å². The number of carbonyl (C=O) groups is 1. The molecule has 0 unspecified atom stereocenters. The molecular weight excluding hydrogens is 218 g/mol. The van der Waals surface area contributed by atoms with Crippen molar-refractivity contribution in [3.05, 3.63) is 30.0 Å². The lowest BCUT2D eigenvalue weighted by Gasteiger charge is -2.05.